The number of β-lactam (4-membered cyclic amide) rings is 1. The molecule has 64 valence electrons. The zero-order valence-corrected chi connectivity index (χ0v) is 6.68. The highest BCUT2D eigenvalue weighted by molar-refractivity contribution is 5.87. The van der Waals surface area contributed by atoms with Crippen LogP contribution in [-0.4, -0.2) is 28.7 Å². The summed E-state index contributed by atoms with van der Waals surface area (Å²) in [4.78, 5) is 13.0. The van der Waals surface area contributed by atoms with Crippen LogP contribution < -0.4 is 0 Å². The van der Waals surface area contributed by atoms with Crippen LogP contribution in [0.3, 0.4) is 0 Å². The summed E-state index contributed by atoms with van der Waals surface area (Å²) in [6, 6.07) is 0.331. The number of fused-ring (bicyclic) bond motifs is 5. The largest absolute Gasteiger partial charge is 0.376 e. The van der Waals surface area contributed by atoms with E-state index in [2.05, 4.69) is 12.2 Å². The zero-order chi connectivity index (χ0) is 8.29. The van der Waals surface area contributed by atoms with Gasteiger partial charge in [-0.25, -0.2) is 0 Å². The molecule has 3 aliphatic rings. The Balaban J connectivity index is 1.94. The highest BCUT2D eigenvalue weighted by Gasteiger charge is 2.59. The number of amides is 1. The number of rotatable bonds is 1. The minimum Gasteiger partial charge on any atom is -0.376 e. The lowest BCUT2D eigenvalue weighted by Gasteiger charge is -2.46. The summed E-state index contributed by atoms with van der Waals surface area (Å²) in [5.74, 6) is 1.38. The van der Waals surface area contributed by atoms with Crippen LogP contribution in [-0.2, 0) is 4.79 Å². The predicted molar refractivity (Wildman–Crippen MR) is 41.9 cm³/mol. The van der Waals surface area contributed by atoms with Crippen LogP contribution in [0.4, 0.5) is 0 Å². The van der Waals surface area contributed by atoms with Gasteiger partial charge in [-0.3, -0.25) is 4.79 Å². The van der Waals surface area contributed by atoms with E-state index in [1.165, 1.54) is 0 Å². The quantitative estimate of drug-likeness (QED) is 0.438. The molecule has 1 saturated carbocycles. The fraction of sp³-hybridized carbons (Fsp3) is 0.667. The van der Waals surface area contributed by atoms with E-state index in [1.54, 1.807) is 4.90 Å². The van der Waals surface area contributed by atoms with E-state index in [1.807, 2.05) is 0 Å². The fourth-order valence-corrected chi connectivity index (χ4v) is 2.97. The van der Waals surface area contributed by atoms with Gasteiger partial charge in [-0.2, -0.15) is 0 Å². The van der Waals surface area contributed by atoms with Gasteiger partial charge in [0.15, 0.2) is 0 Å². The van der Waals surface area contributed by atoms with E-state index in [0.717, 1.165) is 6.42 Å². The Hall–Kier alpha value is -0.830. The van der Waals surface area contributed by atoms with E-state index in [-0.39, 0.29) is 18.6 Å². The zero-order valence-electron chi connectivity index (χ0n) is 6.68. The summed E-state index contributed by atoms with van der Waals surface area (Å²) in [5, 5.41) is 8.91. The third kappa shape index (κ3) is 0.524. The second kappa shape index (κ2) is 1.91. The number of allylic oxidation sites excluding steroid dienone is 1. The summed E-state index contributed by atoms with van der Waals surface area (Å²) in [7, 11) is 0. The number of hydrogen-bond donors (Lipinski definition) is 1. The Morgan fingerprint density at radius 2 is 2.25 bits per heavy atom. The lowest BCUT2D eigenvalue weighted by molar-refractivity contribution is -0.164. The predicted octanol–water partition coefficient (Wildman–Crippen LogP) is -0.0309. The number of aliphatic hydroxyl groups excluding tert-OH is 1. The molecule has 1 amide bonds. The molecular formula is C9H11NO2. The normalized spacial score (nSPS) is 48.1. The van der Waals surface area contributed by atoms with Gasteiger partial charge in [-0.05, 0) is 18.3 Å². The van der Waals surface area contributed by atoms with Gasteiger partial charge < -0.3 is 10.0 Å². The fourth-order valence-electron chi connectivity index (χ4n) is 2.97. The lowest BCUT2D eigenvalue weighted by atomic mass is 9.80. The molecule has 0 aromatic carbocycles. The molecule has 0 spiro atoms. The number of nitrogens with zero attached hydrogens (tertiary/aromatic N) is 1. The van der Waals surface area contributed by atoms with Gasteiger partial charge in [0.2, 0.25) is 5.91 Å². The minimum atomic E-state index is -0.100. The molecule has 1 heterocycles. The maximum atomic E-state index is 11.4. The van der Waals surface area contributed by atoms with Crippen molar-refractivity contribution in [2.45, 2.75) is 12.5 Å². The van der Waals surface area contributed by atoms with E-state index in [0.29, 0.717) is 17.9 Å². The molecule has 0 aromatic heterocycles. The number of aliphatic hydroxyl groups is 1. The van der Waals surface area contributed by atoms with Crippen LogP contribution in [0.5, 0.6) is 0 Å². The van der Waals surface area contributed by atoms with Crippen LogP contribution in [0.2, 0.25) is 0 Å². The number of hydrogen-bond acceptors (Lipinski definition) is 2. The van der Waals surface area contributed by atoms with Gasteiger partial charge in [0.25, 0.3) is 0 Å². The molecule has 0 aromatic rings. The Bertz CT molecular complexity index is 274. The first-order chi connectivity index (χ1) is 5.83. The van der Waals surface area contributed by atoms with Crippen molar-refractivity contribution >= 4 is 5.91 Å². The van der Waals surface area contributed by atoms with Crippen molar-refractivity contribution in [3.8, 4) is 0 Å². The van der Waals surface area contributed by atoms with Crippen molar-refractivity contribution in [2.24, 2.45) is 17.8 Å². The number of carbonyl (C=O) groups is 1. The average molecular weight is 165 g/mol. The van der Waals surface area contributed by atoms with Gasteiger partial charge >= 0.3 is 0 Å². The average Bonchev–Trinajstić information content (AvgIpc) is 2.60. The molecule has 3 rings (SSSR count). The van der Waals surface area contributed by atoms with Crippen molar-refractivity contribution in [1.29, 1.82) is 0 Å². The molecule has 4 atom stereocenters. The summed E-state index contributed by atoms with van der Waals surface area (Å²) in [6.07, 6.45) is 5.48. The van der Waals surface area contributed by atoms with Crippen molar-refractivity contribution < 1.29 is 9.90 Å². The van der Waals surface area contributed by atoms with E-state index in [4.69, 9.17) is 5.11 Å². The molecule has 2 bridgehead atoms. The minimum absolute atomic E-state index is 0.100. The molecule has 0 radical (unpaired) electrons. The molecule has 3 heteroatoms. The van der Waals surface area contributed by atoms with E-state index in [9.17, 15) is 4.79 Å². The van der Waals surface area contributed by atoms with Gasteiger partial charge in [0.1, 0.15) is 6.73 Å². The van der Waals surface area contributed by atoms with Gasteiger partial charge in [-0.1, -0.05) is 12.2 Å². The van der Waals surface area contributed by atoms with Crippen LogP contribution in [0, 0.1) is 17.8 Å². The Kier molecular flexibility index (Phi) is 1.06. The first-order valence-electron chi connectivity index (χ1n) is 4.42. The molecule has 2 fully saturated rings. The molecule has 1 saturated heterocycles. The van der Waals surface area contributed by atoms with Crippen molar-refractivity contribution in [1.82, 2.24) is 4.90 Å². The standard InChI is InChI=1S/C9H11NO2/c11-4-10-8-6-2-1-5(3-6)7(8)9(10)12/h1-2,5-8,11H,3-4H2/t5-,6+,7+,8-/m0/s1. The van der Waals surface area contributed by atoms with Gasteiger partial charge in [0, 0.05) is 0 Å². The van der Waals surface area contributed by atoms with Crippen LogP contribution >= 0.6 is 0 Å². The molecule has 1 aliphatic heterocycles. The Labute approximate surface area is 70.7 Å². The van der Waals surface area contributed by atoms with Gasteiger partial charge in [0.05, 0.1) is 12.0 Å². The van der Waals surface area contributed by atoms with Crippen molar-refractivity contribution in [3.63, 3.8) is 0 Å². The van der Waals surface area contributed by atoms with E-state index >= 15 is 0 Å². The first-order valence-corrected chi connectivity index (χ1v) is 4.42. The monoisotopic (exact) mass is 165 g/mol. The highest BCUT2D eigenvalue weighted by Crippen LogP contribution is 2.52. The third-order valence-electron chi connectivity index (χ3n) is 3.50. The summed E-state index contributed by atoms with van der Waals surface area (Å²) < 4.78 is 0. The molecule has 1 N–H and O–H groups in total. The molecule has 2 aliphatic carbocycles. The molecule has 0 unspecified atom stereocenters. The second-order valence-corrected chi connectivity index (χ2v) is 3.91. The SMILES string of the molecule is O=C1[C@H]2[C@H]([C@@H]3C=C[C@H]2C3)N1CO. The van der Waals surface area contributed by atoms with Crippen molar-refractivity contribution in [2.75, 3.05) is 6.73 Å². The molecule has 12 heavy (non-hydrogen) atoms. The van der Waals surface area contributed by atoms with Crippen molar-refractivity contribution in [3.05, 3.63) is 12.2 Å². The van der Waals surface area contributed by atoms with E-state index < -0.39 is 0 Å². The lowest BCUT2D eigenvalue weighted by Crippen LogP contribution is -2.62. The summed E-state index contributed by atoms with van der Waals surface area (Å²) in [6.45, 7) is -0.100. The highest BCUT2D eigenvalue weighted by atomic mass is 16.3. The number of carbonyl (C=O) groups excluding carboxylic acids is 1. The third-order valence-corrected chi connectivity index (χ3v) is 3.50. The smallest absolute Gasteiger partial charge is 0.230 e. The topological polar surface area (TPSA) is 40.5 Å². The maximum Gasteiger partial charge on any atom is 0.230 e. The van der Waals surface area contributed by atoms with Crippen LogP contribution in [0.25, 0.3) is 0 Å². The van der Waals surface area contributed by atoms with Crippen LogP contribution in [0.1, 0.15) is 6.42 Å². The summed E-state index contributed by atoms with van der Waals surface area (Å²) in [5.41, 5.74) is 0. The Morgan fingerprint density at radius 1 is 1.50 bits per heavy atom. The second-order valence-electron chi connectivity index (χ2n) is 3.91. The molecule has 3 nitrogen and oxygen atoms in total. The molecular weight excluding hydrogens is 154 g/mol. The maximum absolute atomic E-state index is 11.4. The first kappa shape index (κ1) is 6.66. The number of likely N-dealkylation sites (tertiary alicyclic amines) is 1. The summed E-state index contributed by atoms with van der Waals surface area (Å²) >= 11 is 0. The Morgan fingerprint density at radius 3 is 3.00 bits per heavy atom. The van der Waals surface area contributed by atoms with Crippen LogP contribution in [0.15, 0.2) is 12.2 Å². The van der Waals surface area contributed by atoms with Gasteiger partial charge in [-0.15, -0.1) is 0 Å².